The molecule has 1 N–H and O–H groups in total. The van der Waals surface area contributed by atoms with Gasteiger partial charge in [-0.15, -0.1) is 0 Å². The van der Waals surface area contributed by atoms with E-state index in [0.29, 0.717) is 34.7 Å². The van der Waals surface area contributed by atoms with Crippen LogP contribution >= 0.6 is 23.4 Å². The molecule has 1 aromatic carbocycles. The lowest BCUT2D eigenvalue weighted by Crippen LogP contribution is -2.34. The summed E-state index contributed by atoms with van der Waals surface area (Å²) in [6.07, 6.45) is 4.25. The van der Waals surface area contributed by atoms with E-state index in [1.165, 1.54) is 11.8 Å². The van der Waals surface area contributed by atoms with Crippen molar-refractivity contribution in [2.45, 2.75) is 17.6 Å². The second kappa shape index (κ2) is 6.81. The van der Waals surface area contributed by atoms with Crippen LogP contribution in [-0.2, 0) is 7.05 Å². The molecule has 0 aliphatic carbocycles. The minimum atomic E-state index is -0.207. The second-order valence-corrected chi connectivity index (χ2v) is 7.27. The number of benzene rings is 1. The largest absolute Gasteiger partial charge is 0.490 e. The van der Waals surface area contributed by atoms with Crippen molar-refractivity contribution < 1.29 is 9.53 Å². The van der Waals surface area contributed by atoms with Gasteiger partial charge in [-0.25, -0.2) is 9.97 Å². The fourth-order valence-electron chi connectivity index (χ4n) is 3.14. The van der Waals surface area contributed by atoms with E-state index in [1.54, 1.807) is 6.20 Å². The van der Waals surface area contributed by atoms with Gasteiger partial charge >= 0.3 is 0 Å². The summed E-state index contributed by atoms with van der Waals surface area (Å²) in [6, 6.07) is 7.25. The zero-order valence-electron chi connectivity index (χ0n) is 14.3. The van der Waals surface area contributed by atoms with Crippen molar-refractivity contribution in [3.63, 3.8) is 0 Å². The number of ether oxygens (including phenoxy) is 1. The summed E-state index contributed by atoms with van der Waals surface area (Å²) < 4.78 is 7.47. The SMILES string of the molecule is CSc1ncc2c(n1)C(NC(=O)c1cc3ccc(Cl)cc3n1C)CCO2. The highest BCUT2D eigenvalue weighted by molar-refractivity contribution is 7.98. The number of carbonyl (C=O) groups is 1. The second-order valence-electron chi connectivity index (χ2n) is 6.06. The minimum absolute atomic E-state index is 0.151. The number of nitrogens with one attached hydrogen (secondary N) is 1. The number of thioether (sulfide) groups is 1. The summed E-state index contributed by atoms with van der Waals surface area (Å²) in [6.45, 7) is 0.518. The molecule has 0 saturated carbocycles. The van der Waals surface area contributed by atoms with Crippen molar-refractivity contribution in [2.75, 3.05) is 12.9 Å². The average molecular weight is 389 g/mol. The first-order chi connectivity index (χ1) is 12.6. The monoisotopic (exact) mass is 388 g/mol. The molecule has 0 radical (unpaired) electrons. The average Bonchev–Trinajstić information content (AvgIpc) is 2.98. The third-order valence-corrected chi connectivity index (χ3v) is 5.28. The van der Waals surface area contributed by atoms with Crippen LogP contribution in [0.25, 0.3) is 10.9 Å². The highest BCUT2D eigenvalue weighted by atomic mass is 35.5. The molecule has 1 aliphatic heterocycles. The molecule has 4 rings (SSSR count). The maximum Gasteiger partial charge on any atom is 0.268 e. The fraction of sp³-hybridized carbons (Fsp3) is 0.278. The standard InChI is InChI=1S/C18H17ClN4O2S/c1-23-13-8-11(19)4-3-10(13)7-14(23)17(24)21-12-5-6-25-15-9-20-18(26-2)22-16(12)15/h3-4,7-9,12H,5-6H2,1-2H3,(H,21,24). The van der Waals surface area contributed by atoms with E-state index in [1.807, 2.05) is 42.1 Å². The van der Waals surface area contributed by atoms with Gasteiger partial charge in [-0.2, -0.15) is 0 Å². The summed E-state index contributed by atoms with van der Waals surface area (Å²) >= 11 is 7.53. The van der Waals surface area contributed by atoms with E-state index in [9.17, 15) is 4.79 Å². The molecule has 2 aromatic heterocycles. The van der Waals surface area contributed by atoms with Gasteiger partial charge in [-0.05, 0) is 24.5 Å². The number of hydrogen-bond donors (Lipinski definition) is 1. The van der Waals surface area contributed by atoms with E-state index >= 15 is 0 Å². The molecule has 0 bridgehead atoms. The molecular weight excluding hydrogens is 372 g/mol. The molecule has 0 spiro atoms. The lowest BCUT2D eigenvalue weighted by Gasteiger charge is -2.25. The topological polar surface area (TPSA) is 69.0 Å². The van der Waals surface area contributed by atoms with Crippen LogP contribution in [-0.4, -0.2) is 33.3 Å². The maximum absolute atomic E-state index is 12.9. The number of carbonyl (C=O) groups excluding carboxylic acids is 1. The van der Waals surface area contributed by atoms with Crippen LogP contribution in [0.15, 0.2) is 35.6 Å². The normalized spacial score (nSPS) is 16.2. The van der Waals surface area contributed by atoms with Crippen LogP contribution in [0.5, 0.6) is 5.75 Å². The highest BCUT2D eigenvalue weighted by Gasteiger charge is 2.27. The number of aromatic nitrogens is 3. The van der Waals surface area contributed by atoms with Gasteiger partial charge in [0, 0.05) is 29.4 Å². The predicted molar refractivity (Wildman–Crippen MR) is 102 cm³/mol. The molecule has 1 amide bonds. The van der Waals surface area contributed by atoms with E-state index < -0.39 is 0 Å². The van der Waals surface area contributed by atoms with Crippen LogP contribution in [0.3, 0.4) is 0 Å². The van der Waals surface area contributed by atoms with Crippen LogP contribution in [0.4, 0.5) is 0 Å². The Bertz CT molecular complexity index is 1000. The Hall–Kier alpha value is -2.25. The Balaban J connectivity index is 1.65. The number of fused-ring (bicyclic) bond motifs is 2. The lowest BCUT2D eigenvalue weighted by molar-refractivity contribution is 0.0914. The van der Waals surface area contributed by atoms with Crippen molar-refractivity contribution in [2.24, 2.45) is 7.05 Å². The zero-order valence-corrected chi connectivity index (χ0v) is 15.9. The van der Waals surface area contributed by atoms with Gasteiger partial charge in [-0.3, -0.25) is 4.79 Å². The third-order valence-electron chi connectivity index (χ3n) is 4.48. The number of halogens is 1. The van der Waals surface area contributed by atoms with Crippen LogP contribution in [0, 0.1) is 0 Å². The molecule has 8 heteroatoms. The highest BCUT2D eigenvalue weighted by Crippen LogP contribution is 2.31. The minimum Gasteiger partial charge on any atom is -0.490 e. The Morgan fingerprint density at radius 3 is 3.08 bits per heavy atom. The Labute approximate surface area is 159 Å². The van der Waals surface area contributed by atoms with E-state index in [-0.39, 0.29) is 11.9 Å². The van der Waals surface area contributed by atoms with Crippen molar-refractivity contribution in [3.05, 3.63) is 46.9 Å². The number of aryl methyl sites for hydroxylation is 1. The molecule has 6 nitrogen and oxygen atoms in total. The summed E-state index contributed by atoms with van der Waals surface area (Å²) in [4.78, 5) is 21.7. The van der Waals surface area contributed by atoms with E-state index in [0.717, 1.165) is 16.6 Å². The molecule has 134 valence electrons. The van der Waals surface area contributed by atoms with Crippen LogP contribution < -0.4 is 10.1 Å². The molecule has 1 unspecified atom stereocenters. The van der Waals surface area contributed by atoms with Gasteiger partial charge < -0.3 is 14.6 Å². The van der Waals surface area contributed by atoms with Crippen molar-refractivity contribution >= 4 is 40.2 Å². The van der Waals surface area contributed by atoms with Crippen LogP contribution in [0.2, 0.25) is 5.02 Å². The first-order valence-corrected chi connectivity index (χ1v) is 9.76. The van der Waals surface area contributed by atoms with Gasteiger partial charge in [0.1, 0.15) is 11.4 Å². The Morgan fingerprint density at radius 1 is 1.42 bits per heavy atom. The molecule has 0 saturated heterocycles. The quantitative estimate of drug-likeness (QED) is 0.548. The van der Waals surface area contributed by atoms with Gasteiger partial charge in [0.2, 0.25) is 0 Å². The smallest absolute Gasteiger partial charge is 0.268 e. The fourth-order valence-corrected chi connectivity index (χ4v) is 3.66. The number of rotatable bonds is 3. The molecule has 26 heavy (non-hydrogen) atoms. The van der Waals surface area contributed by atoms with Gasteiger partial charge in [0.15, 0.2) is 10.9 Å². The summed E-state index contributed by atoms with van der Waals surface area (Å²) in [5.74, 6) is 0.477. The van der Waals surface area contributed by atoms with E-state index in [4.69, 9.17) is 16.3 Å². The number of hydrogen-bond acceptors (Lipinski definition) is 5. The zero-order chi connectivity index (χ0) is 18.3. The summed E-state index contributed by atoms with van der Waals surface area (Å²) in [5.41, 5.74) is 2.22. The summed E-state index contributed by atoms with van der Waals surface area (Å²) in [5, 5.41) is 5.36. The van der Waals surface area contributed by atoms with Gasteiger partial charge in [0.25, 0.3) is 5.91 Å². The number of amides is 1. The number of nitrogens with zero attached hydrogens (tertiary/aromatic N) is 3. The molecule has 1 atom stereocenters. The molecular formula is C18H17ClN4O2S. The maximum atomic E-state index is 12.9. The Kier molecular flexibility index (Phi) is 4.50. The lowest BCUT2D eigenvalue weighted by atomic mass is 10.1. The Morgan fingerprint density at radius 2 is 2.27 bits per heavy atom. The first kappa shape index (κ1) is 17.2. The first-order valence-electron chi connectivity index (χ1n) is 8.16. The van der Waals surface area contributed by atoms with Crippen LogP contribution in [0.1, 0.15) is 28.6 Å². The van der Waals surface area contributed by atoms with Crippen molar-refractivity contribution in [1.29, 1.82) is 0 Å². The molecule has 3 heterocycles. The summed E-state index contributed by atoms with van der Waals surface area (Å²) in [7, 11) is 1.86. The molecule has 0 fully saturated rings. The third kappa shape index (κ3) is 3.01. The molecule has 3 aromatic rings. The van der Waals surface area contributed by atoms with E-state index in [2.05, 4.69) is 15.3 Å². The van der Waals surface area contributed by atoms with Crippen molar-refractivity contribution in [1.82, 2.24) is 19.9 Å². The van der Waals surface area contributed by atoms with Gasteiger partial charge in [0.05, 0.1) is 18.8 Å². The van der Waals surface area contributed by atoms with Crippen molar-refractivity contribution in [3.8, 4) is 5.75 Å². The predicted octanol–water partition coefficient (Wildman–Crippen LogP) is 3.60. The molecule has 1 aliphatic rings. The van der Waals surface area contributed by atoms with Gasteiger partial charge in [-0.1, -0.05) is 29.4 Å².